The Labute approximate surface area is 123 Å². The van der Waals surface area contributed by atoms with Crippen LogP contribution in [0.25, 0.3) is 0 Å². The van der Waals surface area contributed by atoms with E-state index in [1.165, 1.54) is 18.2 Å². The van der Waals surface area contributed by atoms with E-state index in [0.29, 0.717) is 13.2 Å². The summed E-state index contributed by atoms with van der Waals surface area (Å²) in [5.41, 5.74) is 2.22. The molecule has 2 aromatic rings. The van der Waals surface area contributed by atoms with E-state index in [1.807, 2.05) is 24.3 Å². The Morgan fingerprint density at radius 3 is 2.14 bits per heavy atom. The van der Waals surface area contributed by atoms with Crippen LogP contribution in [0.2, 0.25) is 0 Å². The van der Waals surface area contributed by atoms with E-state index in [1.54, 1.807) is 14.0 Å². The van der Waals surface area contributed by atoms with Gasteiger partial charge in [-0.3, -0.25) is 0 Å². The van der Waals surface area contributed by atoms with E-state index in [4.69, 9.17) is 4.74 Å². The zero-order valence-electron chi connectivity index (χ0n) is 12.2. The molecule has 1 N–H and O–H groups in total. The number of halogens is 2. The van der Waals surface area contributed by atoms with Crippen LogP contribution in [0.1, 0.15) is 29.7 Å². The summed E-state index contributed by atoms with van der Waals surface area (Å²) >= 11 is 0. The molecule has 2 nitrogen and oxygen atoms in total. The van der Waals surface area contributed by atoms with Crippen LogP contribution in [0, 0.1) is 11.6 Å². The maximum Gasteiger partial charge on any atom is 0.130 e. The predicted octanol–water partition coefficient (Wildman–Crippen LogP) is 3.96. The molecular formula is C17H19F2NO. The molecule has 1 atom stereocenters. The largest absolute Gasteiger partial charge is 0.380 e. The zero-order valence-corrected chi connectivity index (χ0v) is 12.2. The number of nitrogens with one attached hydrogen (secondary N) is 1. The second-order valence-electron chi connectivity index (χ2n) is 4.99. The van der Waals surface area contributed by atoms with Crippen LogP contribution in [0.4, 0.5) is 8.78 Å². The highest BCUT2D eigenvalue weighted by Gasteiger charge is 2.15. The molecule has 2 aromatic carbocycles. The average Bonchev–Trinajstić information content (AvgIpc) is 2.47. The van der Waals surface area contributed by atoms with Crippen molar-refractivity contribution < 1.29 is 13.5 Å². The molecule has 0 aliphatic rings. The van der Waals surface area contributed by atoms with Crippen LogP contribution >= 0.6 is 0 Å². The van der Waals surface area contributed by atoms with Crippen LogP contribution in [-0.2, 0) is 17.9 Å². The fraction of sp³-hybridized carbons (Fsp3) is 0.294. The van der Waals surface area contributed by atoms with E-state index in [9.17, 15) is 8.78 Å². The van der Waals surface area contributed by atoms with Gasteiger partial charge in [-0.05, 0) is 30.2 Å². The molecule has 4 heteroatoms. The van der Waals surface area contributed by atoms with Gasteiger partial charge in [-0.15, -0.1) is 0 Å². The third kappa shape index (κ3) is 4.09. The quantitative estimate of drug-likeness (QED) is 0.869. The Balaban J connectivity index is 1.99. The molecule has 0 spiro atoms. The Morgan fingerprint density at radius 2 is 1.57 bits per heavy atom. The highest BCUT2D eigenvalue weighted by Crippen LogP contribution is 2.20. The molecule has 0 bridgehead atoms. The minimum absolute atomic E-state index is 0.0773. The standard InChI is InChI=1S/C17H19F2NO/c1-12(17-15(18)4-3-5-16(17)19)20-10-13-6-8-14(9-7-13)11-21-2/h3-9,12,20H,10-11H2,1-2H3. The molecule has 0 amide bonds. The SMILES string of the molecule is COCc1ccc(CNC(C)c2c(F)cccc2F)cc1. The highest BCUT2D eigenvalue weighted by atomic mass is 19.1. The molecule has 1 unspecified atom stereocenters. The van der Waals surface area contributed by atoms with Crippen molar-refractivity contribution in [3.63, 3.8) is 0 Å². The molecule has 0 aliphatic heterocycles. The van der Waals surface area contributed by atoms with Crippen LogP contribution in [-0.4, -0.2) is 7.11 Å². The summed E-state index contributed by atoms with van der Waals surface area (Å²) in [5, 5.41) is 3.14. The summed E-state index contributed by atoms with van der Waals surface area (Å²) in [4.78, 5) is 0. The van der Waals surface area contributed by atoms with Crippen molar-refractivity contribution in [2.24, 2.45) is 0 Å². The van der Waals surface area contributed by atoms with Gasteiger partial charge in [0, 0.05) is 25.3 Å². The van der Waals surface area contributed by atoms with Crippen molar-refractivity contribution in [2.75, 3.05) is 7.11 Å². The maximum atomic E-state index is 13.7. The van der Waals surface area contributed by atoms with Crippen molar-refractivity contribution >= 4 is 0 Å². The molecule has 0 aliphatic carbocycles. The van der Waals surface area contributed by atoms with Gasteiger partial charge in [0.25, 0.3) is 0 Å². The van der Waals surface area contributed by atoms with Crippen molar-refractivity contribution in [3.05, 3.63) is 70.8 Å². The number of rotatable bonds is 6. The molecule has 21 heavy (non-hydrogen) atoms. The number of ether oxygens (including phenoxy) is 1. The summed E-state index contributed by atoms with van der Waals surface area (Å²) in [6, 6.07) is 11.4. The average molecular weight is 291 g/mol. The predicted molar refractivity (Wildman–Crippen MR) is 78.8 cm³/mol. The minimum Gasteiger partial charge on any atom is -0.380 e. The van der Waals surface area contributed by atoms with Gasteiger partial charge in [-0.25, -0.2) is 8.78 Å². The van der Waals surface area contributed by atoms with E-state index in [0.717, 1.165) is 11.1 Å². The maximum absolute atomic E-state index is 13.7. The monoisotopic (exact) mass is 291 g/mol. The van der Waals surface area contributed by atoms with Crippen LogP contribution in [0.15, 0.2) is 42.5 Å². The minimum atomic E-state index is -0.523. The summed E-state index contributed by atoms with van der Waals surface area (Å²) in [7, 11) is 1.65. The van der Waals surface area contributed by atoms with Crippen molar-refractivity contribution in [1.29, 1.82) is 0 Å². The second kappa shape index (κ2) is 7.29. The number of methoxy groups -OCH3 is 1. The van der Waals surface area contributed by atoms with Gasteiger partial charge in [0.2, 0.25) is 0 Å². The van der Waals surface area contributed by atoms with Gasteiger partial charge in [-0.2, -0.15) is 0 Å². The fourth-order valence-electron chi connectivity index (χ4n) is 2.22. The lowest BCUT2D eigenvalue weighted by atomic mass is 10.1. The highest BCUT2D eigenvalue weighted by molar-refractivity contribution is 5.24. The first-order chi connectivity index (χ1) is 10.1. The first-order valence-corrected chi connectivity index (χ1v) is 6.86. The number of benzene rings is 2. The van der Waals surface area contributed by atoms with Gasteiger partial charge in [0.1, 0.15) is 11.6 Å². The third-order valence-electron chi connectivity index (χ3n) is 3.38. The third-order valence-corrected chi connectivity index (χ3v) is 3.38. The van der Waals surface area contributed by atoms with E-state index in [-0.39, 0.29) is 5.56 Å². The molecular weight excluding hydrogens is 272 g/mol. The first-order valence-electron chi connectivity index (χ1n) is 6.86. The molecule has 2 rings (SSSR count). The van der Waals surface area contributed by atoms with Crippen LogP contribution in [0.5, 0.6) is 0 Å². The smallest absolute Gasteiger partial charge is 0.130 e. The molecule has 0 fully saturated rings. The van der Waals surface area contributed by atoms with E-state index >= 15 is 0 Å². The summed E-state index contributed by atoms with van der Waals surface area (Å²) in [5.74, 6) is -1.05. The number of hydrogen-bond donors (Lipinski definition) is 1. The molecule has 0 aromatic heterocycles. The Kier molecular flexibility index (Phi) is 5.42. The lowest BCUT2D eigenvalue weighted by Crippen LogP contribution is -2.20. The fourth-order valence-corrected chi connectivity index (χ4v) is 2.22. The van der Waals surface area contributed by atoms with Crippen molar-refractivity contribution in [1.82, 2.24) is 5.32 Å². The van der Waals surface area contributed by atoms with E-state index < -0.39 is 17.7 Å². The molecule has 0 heterocycles. The second-order valence-corrected chi connectivity index (χ2v) is 4.99. The topological polar surface area (TPSA) is 21.3 Å². The van der Waals surface area contributed by atoms with Gasteiger partial charge in [0.05, 0.1) is 6.61 Å². The van der Waals surface area contributed by atoms with Crippen LogP contribution in [0.3, 0.4) is 0 Å². The van der Waals surface area contributed by atoms with E-state index in [2.05, 4.69) is 5.32 Å². The molecule has 112 valence electrons. The zero-order chi connectivity index (χ0) is 15.2. The van der Waals surface area contributed by atoms with Crippen molar-refractivity contribution in [3.8, 4) is 0 Å². The Hall–Kier alpha value is -1.78. The number of hydrogen-bond acceptors (Lipinski definition) is 2. The normalized spacial score (nSPS) is 12.4. The van der Waals surface area contributed by atoms with Crippen molar-refractivity contribution in [2.45, 2.75) is 26.1 Å². The molecule has 0 saturated carbocycles. The van der Waals surface area contributed by atoms with Gasteiger partial charge in [0.15, 0.2) is 0 Å². The summed E-state index contributed by atoms with van der Waals surface area (Å²) in [6.45, 7) is 2.87. The van der Waals surface area contributed by atoms with Crippen LogP contribution < -0.4 is 5.32 Å². The van der Waals surface area contributed by atoms with Gasteiger partial charge < -0.3 is 10.1 Å². The first kappa shape index (κ1) is 15.6. The Bertz CT molecular complexity index is 564. The summed E-state index contributed by atoms with van der Waals surface area (Å²) in [6.07, 6.45) is 0. The molecule has 0 radical (unpaired) electrons. The Morgan fingerprint density at radius 1 is 1.00 bits per heavy atom. The lowest BCUT2D eigenvalue weighted by molar-refractivity contribution is 0.185. The van der Waals surface area contributed by atoms with Gasteiger partial charge in [-0.1, -0.05) is 30.3 Å². The lowest BCUT2D eigenvalue weighted by Gasteiger charge is -2.16. The summed E-state index contributed by atoms with van der Waals surface area (Å²) < 4.78 is 32.4. The van der Waals surface area contributed by atoms with Gasteiger partial charge >= 0.3 is 0 Å². The molecule has 0 saturated heterocycles.